The maximum atomic E-state index is 14.2. The van der Waals surface area contributed by atoms with E-state index in [0.717, 1.165) is 0 Å². The Balaban J connectivity index is 2.13. The zero-order chi connectivity index (χ0) is 29.6. The average molecular weight is 545 g/mol. The van der Waals surface area contributed by atoms with E-state index in [-0.39, 0.29) is 29.9 Å². The van der Waals surface area contributed by atoms with E-state index in [0.29, 0.717) is 5.56 Å². The summed E-state index contributed by atoms with van der Waals surface area (Å²) in [6.07, 6.45) is -3.62. The second-order valence-electron chi connectivity index (χ2n) is 12.5. The molecule has 3 aliphatic rings. The van der Waals surface area contributed by atoms with Crippen molar-refractivity contribution in [2.24, 2.45) is 46.2 Å². The number of amides is 1. The summed E-state index contributed by atoms with van der Waals surface area (Å²) < 4.78 is 0. The first-order valence-electron chi connectivity index (χ1n) is 13.5. The molecule has 1 amide bonds. The van der Waals surface area contributed by atoms with Crippen LogP contribution in [0, 0.1) is 40.4 Å². The van der Waals surface area contributed by atoms with Gasteiger partial charge in [-0.1, -0.05) is 47.6 Å². The zero-order valence-electron chi connectivity index (χ0n) is 23.3. The van der Waals surface area contributed by atoms with Crippen molar-refractivity contribution in [1.29, 1.82) is 0 Å². The van der Waals surface area contributed by atoms with E-state index >= 15 is 0 Å². The van der Waals surface area contributed by atoms with Crippen molar-refractivity contribution in [3.8, 4) is 5.75 Å². The Morgan fingerprint density at radius 1 is 1.13 bits per heavy atom. The molecule has 0 bridgehead atoms. The number of primary amides is 1. The van der Waals surface area contributed by atoms with Gasteiger partial charge in [-0.2, -0.15) is 0 Å². The number of carbonyl (C=O) groups is 4. The van der Waals surface area contributed by atoms with E-state index in [4.69, 9.17) is 11.5 Å². The predicted octanol–water partition coefficient (Wildman–Crippen LogP) is 1.31. The molecule has 1 aromatic rings. The van der Waals surface area contributed by atoms with Gasteiger partial charge in [-0.05, 0) is 40.7 Å². The third-order valence-corrected chi connectivity index (χ3v) is 10.8. The van der Waals surface area contributed by atoms with E-state index in [2.05, 4.69) is 0 Å². The van der Waals surface area contributed by atoms with Crippen LogP contribution in [0.4, 0.5) is 5.69 Å². The molecule has 1 aromatic carbocycles. The van der Waals surface area contributed by atoms with Crippen molar-refractivity contribution in [3.05, 3.63) is 23.3 Å². The number of hydrogen-bond donors (Lipinski definition) is 6. The van der Waals surface area contributed by atoms with Gasteiger partial charge in [-0.15, -0.1) is 0 Å². The number of aromatic hydroxyl groups is 1. The van der Waals surface area contributed by atoms with Gasteiger partial charge in [0, 0.05) is 18.3 Å². The lowest BCUT2D eigenvalue weighted by molar-refractivity contribution is -0.292. The molecule has 0 spiro atoms. The Morgan fingerprint density at radius 3 is 2.23 bits per heavy atom. The number of phenolic OH excluding ortho intramolecular Hbond substituents is 1. The van der Waals surface area contributed by atoms with E-state index < -0.39 is 87.4 Å². The number of aliphatic hydroxyl groups excluding tert-OH is 2. The number of carbonyl (C=O) groups excluding carboxylic acids is 4. The van der Waals surface area contributed by atoms with Crippen molar-refractivity contribution in [2.75, 3.05) is 5.73 Å². The normalized spacial score (nSPS) is 41.5. The topological polar surface area (TPSA) is 201 Å². The number of fused-ring (bicyclic) bond motifs is 3. The van der Waals surface area contributed by atoms with Crippen molar-refractivity contribution < 1.29 is 39.6 Å². The lowest BCUT2D eigenvalue weighted by atomic mass is 9.33. The third-order valence-electron chi connectivity index (χ3n) is 10.8. The maximum Gasteiger partial charge on any atom is 0.230 e. The molecule has 0 aromatic heterocycles. The number of nitrogen functional groups attached to an aromatic ring is 1. The summed E-state index contributed by atoms with van der Waals surface area (Å²) in [7, 11) is 0. The van der Waals surface area contributed by atoms with Crippen molar-refractivity contribution in [2.45, 2.75) is 78.1 Å². The quantitative estimate of drug-likeness (QED) is 0.179. The summed E-state index contributed by atoms with van der Waals surface area (Å²) in [5.74, 6) is -9.81. The van der Waals surface area contributed by atoms with Crippen LogP contribution in [0.1, 0.15) is 76.2 Å². The third kappa shape index (κ3) is 3.37. The second kappa shape index (κ2) is 9.11. The second-order valence-corrected chi connectivity index (χ2v) is 12.5. The molecule has 4 rings (SSSR count). The number of benzene rings is 1. The fourth-order valence-corrected chi connectivity index (χ4v) is 8.80. The summed E-state index contributed by atoms with van der Waals surface area (Å²) in [6.45, 7) is 10.4. The molecule has 10 heteroatoms. The minimum absolute atomic E-state index is 0.0463. The van der Waals surface area contributed by atoms with Crippen LogP contribution >= 0.6 is 0 Å². The molecule has 214 valence electrons. The average Bonchev–Trinajstić information content (AvgIpc) is 2.84. The molecule has 8 N–H and O–H groups in total. The molecular formula is C29H40N2O8. The molecule has 0 radical (unpaired) electrons. The van der Waals surface area contributed by atoms with E-state index in [9.17, 15) is 39.6 Å². The van der Waals surface area contributed by atoms with Gasteiger partial charge in [0.05, 0.1) is 23.3 Å². The van der Waals surface area contributed by atoms with Crippen LogP contribution in [0.15, 0.2) is 12.1 Å². The molecule has 39 heavy (non-hydrogen) atoms. The van der Waals surface area contributed by atoms with Crippen LogP contribution in [0.5, 0.6) is 5.75 Å². The molecule has 10 nitrogen and oxygen atoms in total. The monoisotopic (exact) mass is 544 g/mol. The number of phenols is 1. The number of hydrogen-bond acceptors (Lipinski definition) is 9. The number of rotatable bonds is 5. The van der Waals surface area contributed by atoms with Gasteiger partial charge in [0.25, 0.3) is 0 Å². The van der Waals surface area contributed by atoms with Gasteiger partial charge in [-0.3, -0.25) is 19.2 Å². The van der Waals surface area contributed by atoms with E-state index in [1.807, 2.05) is 6.92 Å². The standard InChI is InChI=1S/C29H40N2O8/c1-7-13(32)10-16-27(5)12(4)14-8-9-15(30)21(33)17(14)22(34)20(27)25(37)29(39)24(36)18(26(31)38)23(35)19(11(2)3)28(16,29)6/h8-9,11-12,16,18-20,23,25,33,35,37,39H,7,10,30H2,1-6H3,(H2,31,38)/t12-,16-,18-,19+,20-,23?,25?,27-,28-,29+/m1/s1. The lowest BCUT2D eigenvalue weighted by Gasteiger charge is -2.71. The highest BCUT2D eigenvalue weighted by Gasteiger charge is 2.80. The highest BCUT2D eigenvalue weighted by atomic mass is 16.4. The molecule has 3 aliphatic carbocycles. The number of Topliss-reactive ketones (excluding diaryl/α,β-unsaturated/α-hetero) is 3. The van der Waals surface area contributed by atoms with Gasteiger partial charge >= 0.3 is 0 Å². The van der Waals surface area contributed by atoms with Gasteiger partial charge in [0.1, 0.15) is 23.6 Å². The molecule has 10 atom stereocenters. The van der Waals surface area contributed by atoms with Crippen LogP contribution in [0.3, 0.4) is 0 Å². The Kier molecular flexibility index (Phi) is 6.81. The number of aliphatic hydroxyl groups is 3. The predicted molar refractivity (Wildman–Crippen MR) is 141 cm³/mol. The van der Waals surface area contributed by atoms with Gasteiger partial charge in [0.2, 0.25) is 5.91 Å². The summed E-state index contributed by atoms with van der Waals surface area (Å²) in [6, 6.07) is 3.11. The molecule has 0 saturated heterocycles. The van der Waals surface area contributed by atoms with Crippen LogP contribution in [0.2, 0.25) is 0 Å². The van der Waals surface area contributed by atoms with Gasteiger partial charge in [0.15, 0.2) is 17.2 Å². The fraction of sp³-hybridized carbons (Fsp3) is 0.655. The largest absolute Gasteiger partial charge is 0.505 e. The first-order valence-corrected chi connectivity index (χ1v) is 13.5. The SMILES string of the molecule is CCC(=O)C[C@@H]1[C@@]2(C)[C@H](C)c3ccc(N)c(O)c3C(=O)[C@@H]2C(O)[C@@]2(O)C(=O)[C@H](C(N)=O)C(O)[C@H](C(C)C)[C@@]12C. The Labute approximate surface area is 227 Å². The van der Waals surface area contributed by atoms with Crippen LogP contribution in [0.25, 0.3) is 0 Å². The molecule has 2 fully saturated rings. The zero-order valence-corrected chi connectivity index (χ0v) is 23.3. The molecule has 2 saturated carbocycles. The molecule has 2 unspecified atom stereocenters. The van der Waals surface area contributed by atoms with Crippen molar-refractivity contribution >= 4 is 28.9 Å². The summed E-state index contributed by atoms with van der Waals surface area (Å²) in [5, 5.41) is 46.7. The van der Waals surface area contributed by atoms with Crippen molar-refractivity contribution in [3.63, 3.8) is 0 Å². The smallest absolute Gasteiger partial charge is 0.230 e. The van der Waals surface area contributed by atoms with Gasteiger partial charge in [-0.25, -0.2) is 0 Å². The minimum Gasteiger partial charge on any atom is -0.505 e. The number of nitrogens with two attached hydrogens (primary N) is 2. The van der Waals surface area contributed by atoms with Crippen LogP contribution < -0.4 is 11.5 Å². The first-order chi connectivity index (χ1) is 17.9. The van der Waals surface area contributed by atoms with Gasteiger partial charge < -0.3 is 31.9 Å². The fourth-order valence-electron chi connectivity index (χ4n) is 8.80. The van der Waals surface area contributed by atoms with E-state index in [1.165, 1.54) is 6.07 Å². The lowest BCUT2D eigenvalue weighted by Crippen LogP contribution is -2.82. The van der Waals surface area contributed by atoms with Crippen LogP contribution in [-0.2, 0) is 14.4 Å². The van der Waals surface area contributed by atoms with Crippen molar-refractivity contribution in [1.82, 2.24) is 0 Å². The summed E-state index contributed by atoms with van der Waals surface area (Å²) in [4.78, 5) is 53.8. The highest BCUT2D eigenvalue weighted by molar-refractivity contribution is 6.10. The molecule has 0 heterocycles. The highest BCUT2D eigenvalue weighted by Crippen LogP contribution is 2.71. The van der Waals surface area contributed by atoms with E-state index in [1.54, 1.807) is 40.7 Å². The summed E-state index contributed by atoms with van der Waals surface area (Å²) >= 11 is 0. The van der Waals surface area contributed by atoms with Crippen LogP contribution in [-0.4, -0.2) is 61.5 Å². The molecular weight excluding hydrogens is 504 g/mol. The Bertz CT molecular complexity index is 1260. The Morgan fingerprint density at radius 2 is 1.72 bits per heavy atom. The number of anilines is 1. The first kappa shape index (κ1) is 29.2. The summed E-state index contributed by atoms with van der Waals surface area (Å²) in [5.41, 5.74) is 6.18. The molecule has 0 aliphatic heterocycles. The number of ketones is 3. The Hall–Kier alpha value is -2.82. The maximum absolute atomic E-state index is 14.2. The minimum atomic E-state index is -2.72.